The molecule has 1 amide bonds. The maximum atomic E-state index is 12.3. The fraction of sp³-hybridized carbons (Fsp3) is 0.682. The molecular formula is C22H37NO3. The minimum atomic E-state index is 0.211. The van der Waals surface area contributed by atoms with Crippen LogP contribution in [0.5, 0.6) is 11.5 Å². The lowest BCUT2D eigenvalue weighted by molar-refractivity contribution is -0.130. The van der Waals surface area contributed by atoms with Crippen molar-refractivity contribution < 1.29 is 14.3 Å². The van der Waals surface area contributed by atoms with Gasteiger partial charge in [-0.3, -0.25) is 4.79 Å². The summed E-state index contributed by atoms with van der Waals surface area (Å²) in [5.41, 5.74) is 1.05. The summed E-state index contributed by atoms with van der Waals surface area (Å²) in [6.45, 7) is 2.84. The van der Waals surface area contributed by atoms with E-state index in [0.29, 0.717) is 24.5 Å². The number of amides is 1. The van der Waals surface area contributed by atoms with Crippen molar-refractivity contribution in [1.29, 1.82) is 0 Å². The number of hydrogen-bond donors (Lipinski definition) is 0. The molecule has 0 heterocycles. The van der Waals surface area contributed by atoms with E-state index in [1.807, 2.05) is 25.2 Å². The summed E-state index contributed by atoms with van der Waals surface area (Å²) < 4.78 is 10.6. The highest BCUT2D eigenvalue weighted by Crippen LogP contribution is 2.28. The van der Waals surface area contributed by atoms with E-state index < -0.39 is 0 Å². The molecule has 0 bridgehead atoms. The predicted octanol–water partition coefficient (Wildman–Crippen LogP) is 5.58. The Morgan fingerprint density at radius 2 is 1.46 bits per heavy atom. The maximum Gasteiger partial charge on any atom is 0.222 e. The Labute approximate surface area is 159 Å². The first kappa shape index (κ1) is 22.3. The molecule has 0 atom stereocenters. The van der Waals surface area contributed by atoms with E-state index in [1.165, 1.54) is 44.9 Å². The lowest BCUT2D eigenvalue weighted by atomic mass is 10.1. The van der Waals surface area contributed by atoms with Crippen molar-refractivity contribution in [3.63, 3.8) is 0 Å². The number of carbonyl (C=O) groups is 1. The monoisotopic (exact) mass is 363 g/mol. The molecule has 0 saturated carbocycles. The molecule has 0 aliphatic rings. The van der Waals surface area contributed by atoms with E-state index >= 15 is 0 Å². The lowest BCUT2D eigenvalue weighted by Crippen LogP contribution is -2.25. The molecule has 0 spiro atoms. The average Bonchev–Trinajstić information content (AvgIpc) is 2.66. The Balaban J connectivity index is 2.22. The quantitative estimate of drug-likeness (QED) is 0.405. The molecule has 0 N–H and O–H groups in total. The highest BCUT2D eigenvalue weighted by molar-refractivity contribution is 5.75. The SMILES string of the molecule is CCCCCCCCCCCC(=O)N(C)Cc1ccc(OC)c(OC)c1. The highest BCUT2D eigenvalue weighted by Gasteiger charge is 2.11. The van der Waals surface area contributed by atoms with Gasteiger partial charge >= 0.3 is 0 Å². The van der Waals surface area contributed by atoms with Gasteiger partial charge in [-0.1, -0.05) is 64.4 Å². The Morgan fingerprint density at radius 3 is 2.04 bits per heavy atom. The predicted molar refractivity (Wildman–Crippen MR) is 108 cm³/mol. The second-order valence-electron chi connectivity index (χ2n) is 7.02. The Hall–Kier alpha value is -1.71. The third-order valence-corrected chi connectivity index (χ3v) is 4.79. The molecule has 1 rings (SSSR count). The molecule has 4 heteroatoms. The van der Waals surface area contributed by atoms with Crippen LogP contribution >= 0.6 is 0 Å². The van der Waals surface area contributed by atoms with E-state index in [1.54, 1.807) is 19.1 Å². The van der Waals surface area contributed by atoms with E-state index in [-0.39, 0.29) is 5.91 Å². The summed E-state index contributed by atoms with van der Waals surface area (Å²) in [6, 6.07) is 5.79. The topological polar surface area (TPSA) is 38.8 Å². The van der Waals surface area contributed by atoms with Gasteiger partial charge in [-0.25, -0.2) is 0 Å². The molecule has 0 fully saturated rings. The molecule has 148 valence electrons. The Kier molecular flexibility index (Phi) is 11.6. The van der Waals surface area contributed by atoms with Crippen molar-refractivity contribution in [3.05, 3.63) is 23.8 Å². The summed E-state index contributed by atoms with van der Waals surface area (Å²) in [5.74, 6) is 1.62. The smallest absolute Gasteiger partial charge is 0.222 e. The molecule has 1 aromatic carbocycles. The van der Waals surface area contributed by atoms with Crippen LogP contribution in [0.1, 0.15) is 76.7 Å². The summed E-state index contributed by atoms with van der Waals surface area (Å²) in [7, 11) is 5.12. The molecule has 0 radical (unpaired) electrons. The Morgan fingerprint density at radius 1 is 0.885 bits per heavy atom. The molecule has 26 heavy (non-hydrogen) atoms. The second kappa shape index (κ2) is 13.5. The zero-order valence-electron chi connectivity index (χ0n) is 17.2. The van der Waals surface area contributed by atoms with Crippen LogP contribution < -0.4 is 9.47 Å². The van der Waals surface area contributed by atoms with E-state index in [2.05, 4.69) is 6.92 Å². The number of hydrogen-bond acceptors (Lipinski definition) is 3. The normalized spacial score (nSPS) is 10.6. The van der Waals surface area contributed by atoms with Crippen molar-refractivity contribution in [1.82, 2.24) is 4.90 Å². The van der Waals surface area contributed by atoms with E-state index in [9.17, 15) is 4.79 Å². The standard InChI is InChI=1S/C22H37NO3/c1-5-6-7-8-9-10-11-12-13-14-22(24)23(2)18-19-15-16-20(25-3)21(17-19)26-4/h15-17H,5-14,18H2,1-4H3. The van der Waals surface area contributed by atoms with Crippen LogP contribution in [-0.4, -0.2) is 32.1 Å². The van der Waals surface area contributed by atoms with Gasteiger partial charge in [0.05, 0.1) is 14.2 Å². The Bertz CT molecular complexity index is 516. The van der Waals surface area contributed by atoms with Crippen LogP contribution in [0.3, 0.4) is 0 Å². The minimum absolute atomic E-state index is 0.211. The third-order valence-electron chi connectivity index (χ3n) is 4.79. The first-order chi connectivity index (χ1) is 12.6. The molecule has 0 aromatic heterocycles. The van der Waals surface area contributed by atoms with Gasteiger partial charge in [0.25, 0.3) is 0 Å². The van der Waals surface area contributed by atoms with Crippen molar-refractivity contribution in [2.24, 2.45) is 0 Å². The van der Waals surface area contributed by atoms with Crippen molar-refractivity contribution in [2.45, 2.75) is 77.7 Å². The highest BCUT2D eigenvalue weighted by atomic mass is 16.5. The first-order valence-electron chi connectivity index (χ1n) is 10.1. The van der Waals surface area contributed by atoms with E-state index in [0.717, 1.165) is 18.4 Å². The van der Waals surface area contributed by atoms with Gasteiger partial charge in [-0.2, -0.15) is 0 Å². The van der Waals surface area contributed by atoms with Crippen LogP contribution in [0.2, 0.25) is 0 Å². The summed E-state index contributed by atoms with van der Waals surface area (Å²) in [6.07, 6.45) is 12.1. The first-order valence-corrected chi connectivity index (χ1v) is 10.1. The van der Waals surface area contributed by atoms with Crippen molar-refractivity contribution >= 4 is 5.91 Å². The van der Waals surface area contributed by atoms with Crippen molar-refractivity contribution in [2.75, 3.05) is 21.3 Å². The van der Waals surface area contributed by atoms with Gasteiger partial charge in [0.2, 0.25) is 5.91 Å². The molecule has 0 aliphatic carbocycles. The number of carbonyl (C=O) groups excluding carboxylic acids is 1. The van der Waals surface area contributed by atoms with Crippen LogP contribution in [0.4, 0.5) is 0 Å². The molecule has 0 saturated heterocycles. The summed E-state index contributed by atoms with van der Waals surface area (Å²) in [5, 5.41) is 0. The van der Waals surface area contributed by atoms with Crippen LogP contribution in [-0.2, 0) is 11.3 Å². The summed E-state index contributed by atoms with van der Waals surface area (Å²) in [4.78, 5) is 14.1. The van der Waals surface area contributed by atoms with Crippen LogP contribution in [0.25, 0.3) is 0 Å². The summed E-state index contributed by atoms with van der Waals surface area (Å²) >= 11 is 0. The number of benzene rings is 1. The second-order valence-corrected chi connectivity index (χ2v) is 7.02. The van der Waals surface area contributed by atoms with Gasteiger partial charge in [0, 0.05) is 20.0 Å². The zero-order chi connectivity index (χ0) is 19.2. The number of unbranched alkanes of at least 4 members (excludes halogenated alkanes) is 8. The zero-order valence-corrected chi connectivity index (χ0v) is 17.2. The number of ether oxygens (including phenoxy) is 2. The fourth-order valence-corrected chi connectivity index (χ4v) is 3.12. The van der Waals surface area contributed by atoms with E-state index in [4.69, 9.17) is 9.47 Å². The molecule has 1 aromatic rings. The largest absolute Gasteiger partial charge is 0.493 e. The third kappa shape index (κ3) is 8.59. The molecule has 0 aliphatic heterocycles. The molecule has 4 nitrogen and oxygen atoms in total. The number of nitrogens with zero attached hydrogens (tertiary/aromatic N) is 1. The van der Waals surface area contributed by atoms with Gasteiger partial charge in [0.15, 0.2) is 11.5 Å². The maximum absolute atomic E-state index is 12.3. The average molecular weight is 364 g/mol. The van der Waals surface area contributed by atoms with Crippen LogP contribution in [0, 0.1) is 0 Å². The van der Waals surface area contributed by atoms with Crippen molar-refractivity contribution in [3.8, 4) is 11.5 Å². The van der Waals surface area contributed by atoms with Crippen LogP contribution in [0.15, 0.2) is 18.2 Å². The number of methoxy groups -OCH3 is 2. The minimum Gasteiger partial charge on any atom is -0.493 e. The van der Waals surface area contributed by atoms with Gasteiger partial charge in [0.1, 0.15) is 0 Å². The molecular weight excluding hydrogens is 326 g/mol. The lowest BCUT2D eigenvalue weighted by Gasteiger charge is -2.18. The fourth-order valence-electron chi connectivity index (χ4n) is 3.12. The van der Waals surface area contributed by atoms with Gasteiger partial charge < -0.3 is 14.4 Å². The number of rotatable bonds is 14. The molecule has 0 unspecified atom stereocenters. The van der Waals surface area contributed by atoms with Gasteiger partial charge in [-0.15, -0.1) is 0 Å². The van der Waals surface area contributed by atoms with Gasteiger partial charge in [-0.05, 0) is 24.1 Å².